The molecule has 1 aliphatic heterocycles. The molecule has 0 radical (unpaired) electrons. The first-order valence-electron chi connectivity index (χ1n) is 9.80. The molecular weight excluding hydrogens is 368 g/mol. The summed E-state index contributed by atoms with van der Waals surface area (Å²) in [5, 5.41) is 14.6. The Balaban J connectivity index is 1.85. The molecule has 1 aliphatic rings. The zero-order chi connectivity index (χ0) is 20.7. The second-order valence-corrected chi connectivity index (χ2v) is 7.75. The van der Waals surface area contributed by atoms with E-state index < -0.39 is 11.9 Å². The first kappa shape index (κ1) is 19.1. The molecule has 2 atom stereocenters. The lowest BCUT2D eigenvalue weighted by atomic mass is 9.92. The molecule has 0 saturated carbocycles. The predicted octanol–water partition coefficient (Wildman–Crippen LogP) is 3.27. The smallest absolute Gasteiger partial charge is 0.308 e. The maximum atomic E-state index is 13.6. The quantitative estimate of drug-likeness (QED) is 0.739. The number of hydrogen-bond acceptors (Lipinski definition) is 4. The molecule has 7 heteroatoms. The lowest BCUT2D eigenvalue weighted by Crippen LogP contribution is -2.47. The molecule has 7 nitrogen and oxygen atoms in total. The Bertz CT molecular complexity index is 1090. The molecule has 4 rings (SSSR count). The minimum Gasteiger partial charge on any atom is -0.481 e. The van der Waals surface area contributed by atoms with Crippen LogP contribution >= 0.6 is 0 Å². The van der Waals surface area contributed by atoms with E-state index in [0.717, 1.165) is 16.6 Å². The monoisotopic (exact) mass is 392 g/mol. The van der Waals surface area contributed by atoms with E-state index in [9.17, 15) is 14.7 Å². The summed E-state index contributed by atoms with van der Waals surface area (Å²) in [5.41, 5.74) is 3.52. The number of piperidine rings is 1. The molecule has 2 unspecified atom stereocenters. The zero-order valence-corrected chi connectivity index (χ0v) is 16.8. The van der Waals surface area contributed by atoms with Crippen LogP contribution in [0.2, 0.25) is 0 Å². The summed E-state index contributed by atoms with van der Waals surface area (Å²) in [6, 6.07) is 11.5. The van der Waals surface area contributed by atoms with Gasteiger partial charge in [-0.15, -0.1) is 0 Å². The highest BCUT2D eigenvalue weighted by atomic mass is 16.4. The van der Waals surface area contributed by atoms with E-state index in [-0.39, 0.29) is 18.5 Å². The van der Waals surface area contributed by atoms with Crippen molar-refractivity contribution in [1.29, 1.82) is 0 Å². The summed E-state index contributed by atoms with van der Waals surface area (Å²) in [6.45, 7) is 4.06. The van der Waals surface area contributed by atoms with Gasteiger partial charge in [0.2, 0.25) is 0 Å². The first-order valence-corrected chi connectivity index (χ1v) is 9.80. The molecule has 0 spiro atoms. The number of hydrogen-bond donors (Lipinski definition) is 1. The van der Waals surface area contributed by atoms with Crippen LogP contribution in [0.1, 0.15) is 35.8 Å². The van der Waals surface area contributed by atoms with Crippen LogP contribution in [0.3, 0.4) is 0 Å². The first-order chi connectivity index (χ1) is 13.9. The zero-order valence-electron chi connectivity index (χ0n) is 16.8. The summed E-state index contributed by atoms with van der Waals surface area (Å²) < 4.78 is 1.69. The van der Waals surface area contributed by atoms with Gasteiger partial charge in [0, 0.05) is 25.2 Å². The number of carboxylic acids is 1. The van der Waals surface area contributed by atoms with Gasteiger partial charge in [0.05, 0.1) is 28.3 Å². The summed E-state index contributed by atoms with van der Waals surface area (Å²) in [4.78, 5) is 31.6. The van der Waals surface area contributed by atoms with Gasteiger partial charge in [-0.2, -0.15) is 5.10 Å². The number of fused-ring (bicyclic) bond motifs is 1. The van der Waals surface area contributed by atoms with Crippen molar-refractivity contribution in [2.75, 3.05) is 6.54 Å². The molecule has 1 saturated heterocycles. The third-order valence-electron chi connectivity index (χ3n) is 5.76. The van der Waals surface area contributed by atoms with E-state index in [2.05, 4.69) is 5.10 Å². The van der Waals surface area contributed by atoms with Crippen LogP contribution in [-0.2, 0) is 11.8 Å². The molecule has 1 amide bonds. The Morgan fingerprint density at radius 2 is 1.90 bits per heavy atom. The van der Waals surface area contributed by atoms with Crippen LogP contribution in [0, 0.1) is 12.8 Å². The maximum Gasteiger partial charge on any atom is 0.308 e. The number of aromatic nitrogens is 3. The fraction of sp³-hybridized carbons (Fsp3) is 0.364. The minimum atomic E-state index is -0.850. The Kier molecular flexibility index (Phi) is 4.82. The molecule has 0 bridgehead atoms. The largest absolute Gasteiger partial charge is 0.481 e. The van der Waals surface area contributed by atoms with Crippen molar-refractivity contribution in [3.8, 4) is 11.3 Å². The second-order valence-electron chi connectivity index (χ2n) is 7.75. The molecule has 0 aliphatic carbocycles. The van der Waals surface area contributed by atoms with Crippen molar-refractivity contribution >= 4 is 22.9 Å². The van der Waals surface area contributed by atoms with Crippen LogP contribution in [0.4, 0.5) is 0 Å². The highest BCUT2D eigenvalue weighted by molar-refractivity contribution is 6.07. The van der Waals surface area contributed by atoms with Gasteiger partial charge in [-0.05, 0) is 32.8 Å². The van der Waals surface area contributed by atoms with Gasteiger partial charge < -0.3 is 10.0 Å². The molecule has 1 fully saturated rings. The Morgan fingerprint density at radius 3 is 2.59 bits per heavy atom. The van der Waals surface area contributed by atoms with E-state index in [1.54, 1.807) is 9.58 Å². The average molecular weight is 392 g/mol. The van der Waals surface area contributed by atoms with Crippen molar-refractivity contribution in [1.82, 2.24) is 19.7 Å². The van der Waals surface area contributed by atoms with E-state index >= 15 is 0 Å². The van der Waals surface area contributed by atoms with Gasteiger partial charge in [0.15, 0.2) is 5.65 Å². The van der Waals surface area contributed by atoms with Gasteiger partial charge in [-0.1, -0.05) is 30.3 Å². The van der Waals surface area contributed by atoms with Gasteiger partial charge in [-0.3, -0.25) is 14.3 Å². The van der Waals surface area contributed by atoms with Crippen molar-refractivity contribution in [2.45, 2.75) is 32.7 Å². The fourth-order valence-corrected chi connectivity index (χ4v) is 4.12. The topological polar surface area (TPSA) is 88.3 Å². The Morgan fingerprint density at radius 1 is 1.17 bits per heavy atom. The number of carbonyl (C=O) groups is 2. The lowest BCUT2D eigenvalue weighted by Gasteiger charge is -2.36. The summed E-state index contributed by atoms with van der Waals surface area (Å²) in [5.74, 6) is -1.54. The van der Waals surface area contributed by atoms with Crippen molar-refractivity contribution in [2.24, 2.45) is 13.0 Å². The molecule has 3 aromatic rings. The summed E-state index contributed by atoms with van der Waals surface area (Å²) in [6.07, 6.45) is 1.27. The number of amides is 1. The minimum absolute atomic E-state index is 0.0153. The van der Waals surface area contributed by atoms with E-state index in [1.807, 2.05) is 57.3 Å². The predicted molar refractivity (Wildman–Crippen MR) is 110 cm³/mol. The number of likely N-dealkylation sites (tertiary alicyclic amines) is 1. The number of carbonyl (C=O) groups excluding carboxylic acids is 1. The van der Waals surface area contributed by atoms with Crippen LogP contribution in [0.25, 0.3) is 22.3 Å². The number of carboxylic acid groups (broad SMARTS) is 1. The van der Waals surface area contributed by atoms with Gasteiger partial charge in [0.1, 0.15) is 0 Å². The standard InChI is InChI=1S/C22H24N4O3/c1-13-9-10-16(22(28)29)12-26(13)21(27)17-11-18(15-7-5-4-6-8-15)23-20-19(17)14(2)24-25(20)3/h4-8,11,13,16H,9-10,12H2,1-3H3,(H,28,29). The SMILES string of the molecule is Cc1nn(C)c2nc(-c3ccccc3)cc(C(=O)N3CC(C(=O)O)CCC3C)c12. The third-order valence-corrected chi connectivity index (χ3v) is 5.76. The van der Waals surface area contributed by atoms with E-state index in [4.69, 9.17) is 4.98 Å². The highest BCUT2D eigenvalue weighted by Gasteiger charge is 2.34. The van der Waals surface area contributed by atoms with Gasteiger partial charge >= 0.3 is 5.97 Å². The average Bonchev–Trinajstić information content (AvgIpc) is 3.01. The van der Waals surface area contributed by atoms with Crippen molar-refractivity contribution < 1.29 is 14.7 Å². The van der Waals surface area contributed by atoms with Crippen LogP contribution in [0.15, 0.2) is 36.4 Å². The molecule has 150 valence electrons. The number of pyridine rings is 1. The number of aryl methyl sites for hydroxylation is 2. The Hall–Kier alpha value is -3.22. The summed E-state index contributed by atoms with van der Waals surface area (Å²) >= 11 is 0. The van der Waals surface area contributed by atoms with E-state index in [1.165, 1.54) is 0 Å². The maximum absolute atomic E-state index is 13.6. The number of rotatable bonds is 3. The number of benzene rings is 1. The fourth-order valence-electron chi connectivity index (χ4n) is 4.12. The number of nitrogens with zero attached hydrogens (tertiary/aromatic N) is 4. The lowest BCUT2D eigenvalue weighted by molar-refractivity contribution is -0.143. The molecular formula is C22H24N4O3. The van der Waals surface area contributed by atoms with Crippen LogP contribution in [-0.4, -0.2) is 49.2 Å². The van der Waals surface area contributed by atoms with Crippen molar-refractivity contribution in [3.63, 3.8) is 0 Å². The second kappa shape index (κ2) is 7.31. The summed E-state index contributed by atoms with van der Waals surface area (Å²) in [7, 11) is 1.81. The molecule has 29 heavy (non-hydrogen) atoms. The van der Waals surface area contributed by atoms with Crippen LogP contribution in [0.5, 0.6) is 0 Å². The molecule has 2 aromatic heterocycles. The van der Waals surface area contributed by atoms with Gasteiger partial charge in [-0.25, -0.2) is 4.98 Å². The van der Waals surface area contributed by atoms with Gasteiger partial charge in [0.25, 0.3) is 5.91 Å². The van der Waals surface area contributed by atoms with E-state index in [0.29, 0.717) is 29.7 Å². The normalized spacial score (nSPS) is 19.5. The molecule has 1 aromatic carbocycles. The third kappa shape index (κ3) is 3.37. The highest BCUT2D eigenvalue weighted by Crippen LogP contribution is 2.30. The number of aliphatic carboxylic acids is 1. The van der Waals surface area contributed by atoms with Crippen molar-refractivity contribution in [3.05, 3.63) is 47.7 Å². The molecule has 1 N–H and O–H groups in total. The Labute approximate surface area is 169 Å². The molecule has 3 heterocycles. The van der Waals surface area contributed by atoms with Crippen LogP contribution < -0.4 is 0 Å².